The van der Waals surface area contributed by atoms with Crippen molar-refractivity contribution in [2.45, 2.75) is 17.9 Å². The molecule has 0 aliphatic rings. The van der Waals surface area contributed by atoms with Gasteiger partial charge in [0.2, 0.25) is 0 Å². The summed E-state index contributed by atoms with van der Waals surface area (Å²) < 4.78 is 43.9. The van der Waals surface area contributed by atoms with Crippen molar-refractivity contribution in [2.24, 2.45) is 0 Å². The molecule has 6 heteroatoms. The zero-order valence-corrected chi connectivity index (χ0v) is 15.3. The molecule has 3 aromatic carbocycles. The van der Waals surface area contributed by atoms with Crippen molar-refractivity contribution in [3.63, 3.8) is 0 Å². The largest absolute Gasteiger partial charge is 0.298 e. The molecule has 1 unspecified atom stereocenters. The Morgan fingerprint density at radius 3 is 2.07 bits per heavy atom. The number of carbonyl (C=O) groups excluding carboxylic acids is 1. The van der Waals surface area contributed by atoms with Crippen LogP contribution in [0, 0.1) is 12.7 Å². The molecule has 4 nitrogen and oxygen atoms in total. The second-order valence-corrected chi connectivity index (χ2v) is 7.60. The van der Waals surface area contributed by atoms with E-state index in [1.807, 2.05) is 6.92 Å². The molecule has 0 aliphatic carbocycles. The fourth-order valence-corrected chi connectivity index (χ4v) is 3.56. The first kappa shape index (κ1) is 18.9. The molecule has 0 radical (unpaired) electrons. The normalized spacial score (nSPS) is 12.5. The standard InChI is InChI=1S/C21H17FO4S/c1-15-7-13-19(14-8-15)27(24,25)26-21(17-5-3-2-4-6-17)20(23)16-9-11-18(22)12-10-16/h2-14,21H,1H3. The second-order valence-electron chi connectivity index (χ2n) is 6.03. The Balaban J connectivity index is 1.99. The lowest BCUT2D eigenvalue weighted by atomic mass is 10.0. The summed E-state index contributed by atoms with van der Waals surface area (Å²) in [5, 5.41) is 0. The van der Waals surface area contributed by atoms with Crippen LogP contribution in [0.15, 0.2) is 83.8 Å². The molecule has 0 bridgehead atoms. The van der Waals surface area contributed by atoms with E-state index in [0.717, 1.165) is 17.7 Å². The monoisotopic (exact) mass is 384 g/mol. The molecule has 3 rings (SSSR count). The Morgan fingerprint density at radius 2 is 1.48 bits per heavy atom. The highest BCUT2D eigenvalue weighted by molar-refractivity contribution is 7.86. The summed E-state index contributed by atoms with van der Waals surface area (Å²) in [5.41, 5.74) is 1.45. The van der Waals surface area contributed by atoms with Crippen molar-refractivity contribution < 1.29 is 21.8 Å². The van der Waals surface area contributed by atoms with Gasteiger partial charge in [-0.25, -0.2) is 8.57 Å². The molecule has 3 aromatic rings. The predicted molar refractivity (Wildman–Crippen MR) is 99.4 cm³/mol. The zero-order valence-electron chi connectivity index (χ0n) is 14.5. The fraction of sp³-hybridized carbons (Fsp3) is 0.0952. The number of aryl methyl sites for hydroxylation is 1. The van der Waals surface area contributed by atoms with E-state index in [1.54, 1.807) is 42.5 Å². The van der Waals surface area contributed by atoms with Crippen molar-refractivity contribution in [2.75, 3.05) is 0 Å². The smallest absolute Gasteiger partial charge is 0.291 e. The van der Waals surface area contributed by atoms with Gasteiger partial charge in [0.25, 0.3) is 10.1 Å². The Morgan fingerprint density at radius 1 is 0.889 bits per heavy atom. The first-order valence-electron chi connectivity index (χ1n) is 8.21. The van der Waals surface area contributed by atoms with Gasteiger partial charge < -0.3 is 0 Å². The molecule has 0 aromatic heterocycles. The van der Waals surface area contributed by atoms with Crippen molar-refractivity contribution in [3.8, 4) is 0 Å². The number of Topliss-reactive ketones (excluding diaryl/α,β-unsaturated/α-hetero) is 1. The van der Waals surface area contributed by atoms with Gasteiger partial charge in [-0.2, -0.15) is 8.42 Å². The summed E-state index contributed by atoms with van der Waals surface area (Å²) >= 11 is 0. The third kappa shape index (κ3) is 4.48. The van der Waals surface area contributed by atoms with E-state index in [0.29, 0.717) is 5.56 Å². The number of rotatable bonds is 6. The van der Waals surface area contributed by atoms with E-state index < -0.39 is 27.8 Å². The summed E-state index contributed by atoms with van der Waals surface area (Å²) in [7, 11) is -4.18. The average Bonchev–Trinajstić information content (AvgIpc) is 2.67. The van der Waals surface area contributed by atoms with Gasteiger partial charge in [-0.1, -0.05) is 48.0 Å². The lowest BCUT2D eigenvalue weighted by Gasteiger charge is -2.17. The lowest BCUT2D eigenvalue weighted by molar-refractivity contribution is 0.0801. The van der Waals surface area contributed by atoms with Gasteiger partial charge in [0.1, 0.15) is 5.82 Å². The van der Waals surface area contributed by atoms with Crippen LogP contribution < -0.4 is 0 Å². The highest BCUT2D eigenvalue weighted by Crippen LogP contribution is 2.27. The first-order valence-corrected chi connectivity index (χ1v) is 9.62. The van der Waals surface area contributed by atoms with Crippen LogP contribution in [0.1, 0.15) is 27.6 Å². The average molecular weight is 384 g/mol. The van der Waals surface area contributed by atoms with Gasteiger partial charge in [-0.15, -0.1) is 0 Å². The molecule has 0 saturated carbocycles. The van der Waals surface area contributed by atoms with Crippen LogP contribution in [0.2, 0.25) is 0 Å². The highest BCUT2D eigenvalue weighted by Gasteiger charge is 2.29. The Hall–Kier alpha value is -2.83. The molecular formula is C21H17FO4S. The van der Waals surface area contributed by atoms with Crippen molar-refractivity contribution >= 4 is 15.9 Å². The van der Waals surface area contributed by atoms with Crippen molar-refractivity contribution in [1.82, 2.24) is 0 Å². The molecule has 0 heterocycles. The van der Waals surface area contributed by atoms with E-state index in [9.17, 15) is 17.6 Å². The van der Waals surface area contributed by atoms with Crippen LogP contribution in [0.3, 0.4) is 0 Å². The van der Waals surface area contributed by atoms with Gasteiger partial charge in [0.15, 0.2) is 11.9 Å². The molecule has 0 N–H and O–H groups in total. The van der Waals surface area contributed by atoms with Crippen LogP contribution in [0.5, 0.6) is 0 Å². The first-order chi connectivity index (χ1) is 12.9. The van der Waals surface area contributed by atoms with Crippen molar-refractivity contribution in [3.05, 3.63) is 101 Å². The quantitative estimate of drug-likeness (QED) is 0.465. The van der Waals surface area contributed by atoms with Crippen LogP contribution in [0.4, 0.5) is 4.39 Å². The third-order valence-corrected chi connectivity index (χ3v) is 5.30. The van der Waals surface area contributed by atoms with E-state index >= 15 is 0 Å². The Labute approximate surface area is 157 Å². The van der Waals surface area contributed by atoms with Crippen LogP contribution in [-0.2, 0) is 14.3 Å². The maximum atomic E-state index is 13.2. The molecular weight excluding hydrogens is 367 g/mol. The second kappa shape index (κ2) is 7.82. The molecule has 138 valence electrons. The van der Waals surface area contributed by atoms with Gasteiger partial charge in [0, 0.05) is 5.56 Å². The number of carbonyl (C=O) groups is 1. The van der Waals surface area contributed by atoms with E-state index in [-0.39, 0.29) is 10.5 Å². The molecule has 0 spiro atoms. The summed E-state index contributed by atoms with van der Waals surface area (Å²) in [6.45, 7) is 1.84. The Bertz CT molecular complexity index is 1030. The minimum Gasteiger partial charge on any atom is -0.291 e. The van der Waals surface area contributed by atoms with Gasteiger partial charge in [-0.3, -0.25) is 4.79 Å². The zero-order chi connectivity index (χ0) is 19.4. The minimum absolute atomic E-state index is 0.0408. The third-order valence-electron chi connectivity index (χ3n) is 4.00. The number of benzene rings is 3. The van der Waals surface area contributed by atoms with Gasteiger partial charge in [0.05, 0.1) is 4.90 Å². The lowest BCUT2D eigenvalue weighted by Crippen LogP contribution is -2.20. The van der Waals surface area contributed by atoms with Crippen molar-refractivity contribution in [1.29, 1.82) is 0 Å². The Kier molecular flexibility index (Phi) is 5.48. The molecule has 0 fully saturated rings. The van der Waals surface area contributed by atoms with Crippen LogP contribution in [-0.4, -0.2) is 14.2 Å². The number of hydrogen-bond donors (Lipinski definition) is 0. The highest BCUT2D eigenvalue weighted by atomic mass is 32.2. The fourth-order valence-electron chi connectivity index (χ4n) is 2.53. The maximum absolute atomic E-state index is 13.2. The van der Waals surface area contributed by atoms with E-state index in [4.69, 9.17) is 4.18 Å². The summed E-state index contributed by atoms with van der Waals surface area (Å²) in [6, 6.07) is 19.4. The molecule has 0 amide bonds. The topological polar surface area (TPSA) is 60.4 Å². The number of ketones is 1. The maximum Gasteiger partial charge on any atom is 0.298 e. The molecule has 1 atom stereocenters. The summed E-state index contributed by atoms with van der Waals surface area (Å²) in [4.78, 5) is 12.9. The number of halogens is 1. The summed E-state index contributed by atoms with van der Waals surface area (Å²) in [6.07, 6.45) is -1.37. The van der Waals surface area contributed by atoms with Gasteiger partial charge >= 0.3 is 0 Å². The van der Waals surface area contributed by atoms with E-state index in [2.05, 4.69) is 0 Å². The minimum atomic E-state index is -4.18. The van der Waals surface area contributed by atoms with Gasteiger partial charge in [-0.05, 0) is 48.9 Å². The van der Waals surface area contributed by atoms with Crippen LogP contribution >= 0.6 is 0 Å². The summed E-state index contributed by atoms with van der Waals surface area (Å²) in [5.74, 6) is -1.06. The number of hydrogen-bond acceptors (Lipinski definition) is 4. The predicted octanol–water partition coefficient (Wildman–Crippen LogP) is 4.46. The molecule has 27 heavy (non-hydrogen) atoms. The SMILES string of the molecule is Cc1ccc(S(=O)(=O)OC(C(=O)c2ccc(F)cc2)c2ccccc2)cc1. The van der Waals surface area contributed by atoms with Crippen LogP contribution in [0.25, 0.3) is 0 Å². The molecule has 0 aliphatic heterocycles. The van der Waals surface area contributed by atoms with E-state index in [1.165, 1.54) is 24.3 Å². The molecule has 0 saturated heterocycles.